The zero-order valence-electron chi connectivity index (χ0n) is 9.85. The van der Waals surface area contributed by atoms with Crippen molar-refractivity contribution in [1.82, 2.24) is 14.5 Å². The van der Waals surface area contributed by atoms with Crippen LogP contribution >= 0.6 is 0 Å². The Balaban J connectivity index is 1.76. The highest BCUT2D eigenvalue weighted by atomic mass is 32.2. The van der Waals surface area contributed by atoms with Gasteiger partial charge in [0.2, 0.25) is 10.0 Å². The van der Waals surface area contributed by atoms with Crippen LogP contribution in [0, 0.1) is 0 Å². The first kappa shape index (κ1) is 12.3. The average Bonchev–Trinajstić information content (AvgIpc) is 2.70. The Hall–Kier alpha value is -0.170. The highest BCUT2D eigenvalue weighted by Gasteiger charge is 2.25. The second-order valence-electron chi connectivity index (χ2n) is 4.76. The van der Waals surface area contributed by atoms with Gasteiger partial charge in [0.25, 0.3) is 0 Å². The molecule has 1 atom stereocenters. The van der Waals surface area contributed by atoms with Crippen LogP contribution in [0.25, 0.3) is 0 Å². The van der Waals surface area contributed by atoms with Gasteiger partial charge in [0.15, 0.2) is 0 Å². The first-order chi connectivity index (χ1) is 7.55. The van der Waals surface area contributed by atoms with Crippen molar-refractivity contribution in [2.75, 3.05) is 45.5 Å². The Morgan fingerprint density at radius 3 is 2.44 bits per heavy atom. The number of hydrogen-bond donors (Lipinski definition) is 1. The molecule has 0 aromatic rings. The fraction of sp³-hybridized carbons (Fsp3) is 1.00. The summed E-state index contributed by atoms with van der Waals surface area (Å²) >= 11 is 0. The maximum Gasteiger partial charge on any atom is 0.211 e. The molecule has 94 valence electrons. The van der Waals surface area contributed by atoms with Crippen molar-refractivity contribution < 1.29 is 8.42 Å². The van der Waals surface area contributed by atoms with Gasteiger partial charge in [-0.1, -0.05) is 0 Å². The molecule has 1 N–H and O–H groups in total. The largest absolute Gasteiger partial charge is 0.313 e. The van der Waals surface area contributed by atoms with Crippen LogP contribution in [0.4, 0.5) is 0 Å². The van der Waals surface area contributed by atoms with Gasteiger partial charge in [-0.15, -0.1) is 0 Å². The Labute approximate surface area is 97.8 Å². The van der Waals surface area contributed by atoms with Crippen LogP contribution < -0.4 is 5.32 Å². The van der Waals surface area contributed by atoms with Gasteiger partial charge in [-0.05, 0) is 19.4 Å². The van der Waals surface area contributed by atoms with Crippen LogP contribution in [-0.4, -0.2) is 69.2 Å². The van der Waals surface area contributed by atoms with E-state index in [0.29, 0.717) is 19.1 Å². The highest BCUT2D eigenvalue weighted by molar-refractivity contribution is 7.88. The van der Waals surface area contributed by atoms with Gasteiger partial charge in [-0.2, -0.15) is 4.31 Å². The van der Waals surface area contributed by atoms with Crippen molar-refractivity contribution in [1.29, 1.82) is 0 Å². The first-order valence-electron chi connectivity index (χ1n) is 5.96. The van der Waals surface area contributed by atoms with E-state index >= 15 is 0 Å². The van der Waals surface area contributed by atoms with E-state index in [4.69, 9.17) is 0 Å². The summed E-state index contributed by atoms with van der Waals surface area (Å²) in [6.45, 7) is 5.22. The third-order valence-electron chi connectivity index (χ3n) is 3.44. The van der Waals surface area contributed by atoms with Crippen molar-refractivity contribution in [2.24, 2.45) is 0 Å². The lowest BCUT2D eigenvalue weighted by molar-refractivity contribution is 0.176. The van der Waals surface area contributed by atoms with Crippen molar-refractivity contribution >= 4 is 10.0 Å². The van der Waals surface area contributed by atoms with Gasteiger partial charge >= 0.3 is 0 Å². The van der Waals surface area contributed by atoms with Gasteiger partial charge in [0.1, 0.15) is 0 Å². The molecule has 0 saturated carbocycles. The molecule has 2 saturated heterocycles. The van der Waals surface area contributed by atoms with Crippen LogP contribution in [0.15, 0.2) is 0 Å². The highest BCUT2D eigenvalue weighted by Crippen LogP contribution is 2.10. The lowest BCUT2D eigenvalue weighted by atomic mass is 10.2. The molecule has 0 aromatic heterocycles. The molecule has 6 heteroatoms. The van der Waals surface area contributed by atoms with Crippen molar-refractivity contribution in [3.63, 3.8) is 0 Å². The molecule has 16 heavy (non-hydrogen) atoms. The number of piperazine rings is 1. The van der Waals surface area contributed by atoms with E-state index in [1.54, 1.807) is 4.31 Å². The molecule has 2 fully saturated rings. The second-order valence-corrected chi connectivity index (χ2v) is 6.74. The van der Waals surface area contributed by atoms with Crippen LogP contribution in [0.2, 0.25) is 0 Å². The van der Waals surface area contributed by atoms with Gasteiger partial charge in [0, 0.05) is 38.8 Å². The molecule has 5 nitrogen and oxygen atoms in total. The van der Waals surface area contributed by atoms with E-state index in [-0.39, 0.29) is 0 Å². The SMILES string of the molecule is CS(=O)(=O)N1CCN(CC2CCCN2)CC1. The summed E-state index contributed by atoms with van der Waals surface area (Å²) in [5.74, 6) is 0. The molecule has 0 spiro atoms. The molecule has 2 aliphatic heterocycles. The predicted molar refractivity (Wildman–Crippen MR) is 63.9 cm³/mol. The van der Waals surface area contributed by atoms with Crippen LogP contribution in [0.1, 0.15) is 12.8 Å². The number of hydrogen-bond acceptors (Lipinski definition) is 4. The van der Waals surface area contributed by atoms with Gasteiger partial charge in [-0.3, -0.25) is 4.90 Å². The summed E-state index contributed by atoms with van der Waals surface area (Å²) in [7, 11) is -2.99. The zero-order valence-corrected chi connectivity index (χ0v) is 10.7. The van der Waals surface area contributed by atoms with E-state index < -0.39 is 10.0 Å². The van der Waals surface area contributed by atoms with Crippen LogP contribution in [0.5, 0.6) is 0 Å². The topological polar surface area (TPSA) is 52.7 Å². The molecule has 0 amide bonds. The van der Waals surface area contributed by atoms with E-state index in [2.05, 4.69) is 10.2 Å². The Morgan fingerprint density at radius 2 is 1.94 bits per heavy atom. The van der Waals surface area contributed by atoms with Gasteiger partial charge < -0.3 is 5.32 Å². The minimum Gasteiger partial charge on any atom is -0.313 e. The molecule has 2 aliphatic rings. The standard InChI is InChI=1S/C10H21N3O2S/c1-16(14,15)13-7-5-12(6-8-13)9-10-3-2-4-11-10/h10-11H,2-9H2,1H3. The average molecular weight is 247 g/mol. The molecule has 2 rings (SSSR count). The third-order valence-corrected chi connectivity index (χ3v) is 4.74. The quantitative estimate of drug-likeness (QED) is 0.718. The lowest BCUT2D eigenvalue weighted by Crippen LogP contribution is -2.51. The van der Waals surface area contributed by atoms with Gasteiger partial charge in [-0.25, -0.2) is 8.42 Å². The molecule has 0 radical (unpaired) electrons. The number of nitrogens with zero attached hydrogens (tertiary/aromatic N) is 2. The molecule has 0 bridgehead atoms. The van der Waals surface area contributed by atoms with E-state index in [0.717, 1.165) is 26.2 Å². The molecule has 0 aliphatic carbocycles. The summed E-state index contributed by atoms with van der Waals surface area (Å²) in [4.78, 5) is 2.37. The number of rotatable bonds is 3. The zero-order chi connectivity index (χ0) is 11.6. The van der Waals surface area contributed by atoms with E-state index in [1.165, 1.54) is 19.1 Å². The summed E-state index contributed by atoms with van der Waals surface area (Å²) in [6, 6.07) is 0.616. The Kier molecular flexibility index (Phi) is 3.84. The monoisotopic (exact) mass is 247 g/mol. The minimum absolute atomic E-state index is 0.616. The van der Waals surface area contributed by atoms with Crippen LogP contribution in [0.3, 0.4) is 0 Å². The third kappa shape index (κ3) is 3.16. The number of nitrogens with one attached hydrogen (secondary N) is 1. The fourth-order valence-electron chi connectivity index (χ4n) is 2.47. The summed E-state index contributed by atoms with van der Waals surface area (Å²) in [6.07, 6.45) is 3.82. The van der Waals surface area contributed by atoms with Crippen molar-refractivity contribution in [2.45, 2.75) is 18.9 Å². The maximum atomic E-state index is 11.3. The van der Waals surface area contributed by atoms with Gasteiger partial charge in [0.05, 0.1) is 6.26 Å². The van der Waals surface area contributed by atoms with Crippen molar-refractivity contribution in [3.05, 3.63) is 0 Å². The summed E-state index contributed by atoms with van der Waals surface area (Å²) in [5.41, 5.74) is 0. The normalized spacial score (nSPS) is 29.7. The second kappa shape index (κ2) is 5.00. The minimum atomic E-state index is -2.99. The molecule has 1 unspecified atom stereocenters. The first-order valence-corrected chi connectivity index (χ1v) is 7.81. The predicted octanol–water partition coefficient (Wildman–Crippen LogP) is -0.684. The molecular weight excluding hydrogens is 226 g/mol. The molecule has 0 aromatic carbocycles. The molecule has 2 heterocycles. The fourth-order valence-corrected chi connectivity index (χ4v) is 3.29. The van der Waals surface area contributed by atoms with Crippen molar-refractivity contribution in [3.8, 4) is 0 Å². The molecular formula is C10H21N3O2S. The van der Waals surface area contributed by atoms with E-state index in [1.807, 2.05) is 0 Å². The number of sulfonamides is 1. The summed E-state index contributed by atoms with van der Waals surface area (Å²) < 4.78 is 24.2. The maximum absolute atomic E-state index is 11.3. The van der Waals surface area contributed by atoms with E-state index in [9.17, 15) is 8.42 Å². The lowest BCUT2D eigenvalue weighted by Gasteiger charge is -2.34. The Morgan fingerprint density at radius 1 is 1.25 bits per heavy atom. The Bertz CT molecular complexity index is 317. The van der Waals surface area contributed by atoms with Crippen LogP contribution in [-0.2, 0) is 10.0 Å². The smallest absolute Gasteiger partial charge is 0.211 e. The summed E-state index contributed by atoms with van der Waals surface area (Å²) in [5, 5.41) is 3.47.